The quantitative estimate of drug-likeness (QED) is 0.167. The summed E-state index contributed by atoms with van der Waals surface area (Å²) in [6.45, 7) is 0. The Balaban J connectivity index is 1.13. The number of para-hydroxylation sites is 3. The van der Waals surface area contributed by atoms with Crippen molar-refractivity contribution < 1.29 is 4.42 Å². The molecule has 0 bridgehead atoms. The van der Waals surface area contributed by atoms with Crippen LogP contribution in [0.4, 0.5) is 34.1 Å². The fourth-order valence-electron chi connectivity index (χ4n) is 7.44. The van der Waals surface area contributed by atoms with E-state index < -0.39 is 0 Å². The second-order valence-corrected chi connectivity index (χ2v) is 14.1. The lowest BCUT2D eigenvalue weighted by Crippen LogP contribution is -2.10. The Bertz CT molecular complexity index is 2810. The molecule has 3 nitrogen and oxygen atoms in total. The summed E-state index contributed by atoms with van der Waals surface area (Å²) in [5.41, 5.74) is 10.6. The van der Waals surface area contributed by atoms with Crippen molar-refractivity contribution in [1.82, 2.24) is 0 Å². The smallest absolute Gasteiger partial charge is 0.137 e. The van der Waals surface area contributed by atoms with Crippen LogP contribution in [-0.2, 0) is 0 Å². The van der Waals surface area contributed by atoms with E-state index in [1.807, 2.05) is 11.3 Å². The van der Waals surface area contributed by atoms with Crippen LogP contribution in [0.5, 0.6) is 0 Å². The van der Waals surface area contributed by atoms with Gasteiger partial charge in [-0.2, -0.15) is 0 Å². The molecule has 0 atom stereocenters. The van der Waals surface area contributed by atoms with Crippen LogP contribution in [-0.4, -0.2) is 0 Å². The largest absolute Gasteiger partial charge is 0.456 e. The van der Waals surface area contributed by atoms with Crippen LogP contribution in [0.15, 0.2) is 199 Å². The average molecular weight is 685 g/mol. The van der Waals surface area contributed by atoms with Crippen LogP contribution < -0.4 is 9.80 Å². The third-order valence-electron chi connectivity index (χ3n) is 9.82. The second kappa shape index (κ2) is 12.6. The molecule has 2 aromatic heterocycles. The molecule has 0 aliphatic carbocycles. The molecule has 0 unspecified atom stereocenters. The molecular weight excluding hydrogens is 653 g/mol. The molecule has 0 spiro atoms. The highest BCUT2D eigenvalue weighted by molar-refractivity contribution is 7.25. The number of benzene rings is 8. The lowest BCUT2D eigenvalue weighted by molar-refractivity contribution is 0.669. The summed E-state index contributed by atoms with van der Waals surface area (Å²) in [6.07, 6.45) is 0. The summed E-state index contributed by atoms with van der Waals surface area (Å²) in [5, 5.41) is 4.70. The minimum Gasteiger partial charge on any atom is -0.456 e. The van der Waals surface area contributed by atoms with E-state index in [4.69, 9.17) is 4.42 Å². The van der Waals surface area contributed by atoms with Gasteiger partial charge < -0.3 is 14.2 Å². The molecule has 246 valence electrons. The zero-order valence-electron chi connectivity index (χ0n) is 28.2. The maximum absolute atomic E-state index is 6.70. The first-order valence-corrected chi connectivity index (χ1v) is 18.3. The van der Waals surface area contributed by atoms with Gasteiger partial charge in [0, 0.05) is 60.1 Å². The van der Waals surface area contributed by atoms with Crippen LogP contribution in [0.1, 0.15) is 0 Å². The Hall–Kier alpha value is -6.62. The van der Waals surface area contributed by atoms with Gasteiger partial charge in [-0.1, -0.05) is 97.1 Å². The van der Waals surface area contributed by atoms with Crippen molar-refractivity contribution in [2.24, 2.45) is 0 Å². The van der Waals surface area contributed by atoms with Gasteiger partial charge >= 0.3 is 0 Å². The maximum atomic E-state index is 6.70. The zero-order valence-corrected chi connectivity index (χ0v) is 29.0. The number of thiophene rings is 1. The normalized spacial score (nSPS) is 11.5. The molecule has 0 N–H and O–H groups in total. The minimum atomic E-state index is 0.844. The van der Waals surface area contributed by atoms with Gasteiger partial charge in [0.2, 0.25) is 0 Å². The molecule has 0 fully saturated rings. The highest BCUT2D eigenvalue weighted by atomic mass is 32.1. The SMILES string of the molecule is c1ccc(-c2ccc3sc4ccc(N(c5ccccc5)c5ccc6c(c5)oc5cccc(N(c7ccccc7)c7ccccc7)c56)cc4c3c2)cc1. The molecule has 0 saturated carbocycles. The van der Waals surface area contributed by atoms with Crippen LogP contribution in [0.25, 0.3) is 53.2 Å². The molecule has 10 aromatic rings. The molecule has 0 saturated heterocycles. The summed E-state index contributed by atoms with van der Waals surface area (Å²) < 4.78 is 9.26. The molecule has 0 amide bonds. The predicted molar refractivity (Wildman–Crippen MR) is 221 cm³/mol. The maximum Gasteiger partial charge on any atom is 0.137 e. The van der Waals surface area contributed by atoms with Gasteiger partial charge in [-0.05, 0) is 102 Å². The van der Waals surface area contributed by atoms with Crippen molar-refractivity contribution in [1.29, 1.82) is 0 Å². The van der Waals surface area contributed by atoms with Gasteiger partial charge in [0.15, 0.2) is 0 Å². The summed E-state index contributed by atoms with van der Waals surface area (Å²) in [7, 11) is 0. The van der Waals surface area contributed by atoms with E-state index in [1.165, 1.54) is 31.3 Å². The average Bonchev–Trinajstić information content (AvgIpc) is 3.77. The van der Waals surface area contributed by atoms with E-state index in [9.17, 15) is 0 Å². The first-order chi connectivity index (χ1) is 25.8. The number of hydrogen-bond acceptors (Lipinski definition) is 4. The van der Waals surface area contributed by atoms with E-state index in [-0.39, 0.29) is 0 Å². The van der Waals surface area contributed by atoms with E-state index in [2.05, 4.69) is 204 Å². The molecule has 0 radical (unpaired) electrons. The van der Waals surface area contributed by atoms with E-state index in [1.54, 1.807) is 0 Å². The lowest BCUT2D eigenvalue weighted by Gasteiger charge is -2.26. The minimum absolute atomic E-state index is 0.844. The number of anilines is 6. The number of hydrogen-bond donors (Lipinski definition) is 0. The summed E-state index contributed by atoms with van der Waals surface area (Å²) in [5.74, 6) is 0. The molecule has 0 aliphatic heterocycles. The Labute approximate surface area is 305 Å². The Morgan fingerprint density at radius 3 is 1.58 bits per heavy atom. The van der Waals surface area contributed by atoms with Crippen LogP contribution in [0.3, 0.4) is 0 Å². The highest BCUT2D eigenvalue weighted by Crippen LogP contribution is 2.46. The molecule has 4 heteroatoms. The molecular formula is C48H32N2OS. The van der Waals surface area contributed by atoms with Gasteiger partial charge in [0.25, 0.3) is 0 Å². The molecule has 0 aliphatic rings. The number of furan rings is 1. The van der Waals surface area contributed by atoms with Crippen molar-refractivity contribution >= 4 is 87.6 Å². The first kappa shape index (κ1) is 30.2. The first-order valence-electron chi connectivity index (χ1n) is 17.5. The number of nitrogens with zero attached hydrogens (tertiary/aromatic N) is 2. The predicted octanol–water partition coefficient (Wildman–Crippen LogP) is 14.6. The van der Waals surface area contributed by atoms with Gasteiger partial charge in [0.05, 0.1) is 11.1 Å². The van der Waals surface area contributed by atoms with E-state index in [0.29, 0.717) is 0 Å². The fourth-order valence-corrected chi connectivity index (χ4v) is 8.51. The lowest BCUT2D eigenvalue weighted by atomic mass is 10.0. The van der Waals surface area contributed by atoms with Crippen molar-refractivity contribution in [3.05, 3.63) is 194 Å². The Morgan fingerprint density at radius 1 is 0.346 bits per heavy atom. The number of rotatable bonds is 7. The fraction of sp³-hybridized carbons (Fsp3) is 0. The topological polar surface area (TPSA) is 19.6 Å². The molecule has 8 aromatic carbocycles. The highest BCUT2D eigenvalue weighted by Gasteiger charge is 2.21. The summed E-state index contributed by atoms with van der Waals surface area (Å²) >= 11 is 1.84. The standard InChI is InChI=1S/C48H32N2OS/c1-5-14-33(15-6-1)34-24-28-46-41(30-34)42-31-38(26-29-47(42)52-46)49(35-16-7-2-8-17-35)39-25-27-40-45(32-39)51-44-23-13-22-43(48(40)44)50(36-18-9-3-10-19-36)37-20-11-4-12-21-37/h1-32H. The Morgan fingerprint density at radius 2 is 0.904 bits per heavy atom. The van der Waals surface area contributed by atoms with Gasteiger partial charge in [0.1, 0.15) is 11.2 Å². The summed E-state index contributed by atoms with van der Waals surface area (Å²) in [4.78, 5) is 4.64. The monoisotopic (exact) mass is 684 g/mol. The summed E-state index contributed by atoms with van der Waals surface area (Å²) in [6, 6.07) is 68.9. The third kappa shape index (κ3) is 5.20. The second-order valence-electron chi connectivity index (χ2n) is 13.0. The van der Waals surface area contributed by atoms with Gasteiger partial charge in [-0.25, -0.2) is 0 Å². The van der Waals surface area contributed by atoms with Crippen LogP contribution >= 0.6 is 11.3 Å². The van der Waals surface area contributed by atoms with Crippen molar-refractivity contribution in [3.63, 3.8) is 0 Å². The molecule has 52 heavy (non-hydrogen) atoms. The van der Waals surface area contributed by atoms with Crippen LogP contribution in [0, 0.1) is 0 Å². The van der Waals surface area contributed by atoms with E-state index in [0.717, 1.165) is 56.1 Å². The molecule has 2 heterocycles. The zero-order chi connectivity index (χ0) is 34.4. The van der Waals surface area contributed by atoms with Gasteiger partial charge in [-0.3, -0.25) is 0 Å². The molecule has 10 rings (SSSR count). The van der Waals surface area contributed by atoms with E-state index >= 15 is 0 Å². The van der Waals surface area contributed by atoms with Crippen molar-refractivity contribution in [2.75, 3.05) is 9.80 Å². The van der Waals surface area contributed by atoms with Crippen molar-refractivity contribution in [2.45, 2.75) is 0 Å². The van der Waals surface area contributed by atoms with Gasteiger partial charge in [-0.15, -0.1) is 11.3 Å². The van der Waals surface area contributed by atoms with Crippen LogP contribution in [0.2, 0.25) is 0 Å². The number of fused-ring (bicyclic) bond motifs is 6. The Kier molecular flexibility index (Phi) is 7.33. The van der Waals surface area contributed by atoms with Crippen molar-refractivity contribution in [3.8, 4) is 11.1 Å². The third-order valence-corrected chi connectivity index (χ3v) is 11.0.